The Hall–Kier alpha value is -1.30. The molecule has 0 unspecified atom stereocenters. The number of amides is 2. The van der Waals surface area contributed by atoms with Crippen LogP contribution in [0.4, 0.5) is 0 Å². The monoisotopic (exact) mass is 314 g/mol. The summed E-state index contributed by atoms with van der Waals surface area (Å²) in [5.41, 5.74) is 0.557. The number of carbonyl (C=O) groups is 3. The minimum absolute atomic E-state index is 0.0136. The molecule has 21 heavy (non-hydrogen) atoms. The van der Waals surface area contributed by atoms with Crippen molar-refractivity contribution in [1.29, 1.82) is 0 Å². The Labute approximate surface area is 131 Å². The number of nitrogens with one attached hydrogen (secondary N) is 1. The van der Waals surface area contributed by atoms with Crippen LogP contribution < -0.4 is 5.32 Å². The number of hydrogen-bond donors (Lipinski definition) is 1. The molecule has 0 aliphatic rings. The fourth-order valence-corrected chi connectivity index (χ4v) is 2.37. The van der Waals surface area contributed by atoms with Crippen LogP contribution in [0.2, 0.25) is 0 Å². The first-order valence-electron chi connectivity index (χ1n) is 7.17. The molecule has 0 aliphatic carbocycles. The molecule has 2 amide bonds. The van der Waals surface area contributed by atoms with E-state index in [0.717, 1.165) is 19.3 Å². The molecule has 6 heteroatoms. The van der Waals surface area contributed by atoms with Crippen molar-refractivity contribution in [2.75, 3.05) is 25.4 Å². The second-order valence-corrected chi connectivity index (χ2v) is 6.03. The summed E-state index contributed by atoms with van der Waals surface area (Å²) in [6.45, 7) is 10.3. The van der Waals surface area contributed by atoms with Crippen LogP contribution in [-0.4, -0.2) is 47.2 Å². The lowest BCUT2D eigenvalue weighted by atomic mass is 10.2. The van der Waals surface area contributed by atoms with E-state index in [1.165, 1.54) is 18.7 Å². The van der Waals surface area contributed by atoms with Crippen LogP contribution in [0.25, 0.3) is 0 Å². The van der Waals surface area contributed by atoms with E-state index < -0.39 is 0 Å². The molecule has 0 saturated heterocycles. The molecule has 1 N–H and O–H groups in total. The lowest BCUT2D eigenvalue weighted by Gasteiger charge is -2.20. The van der Waals surface area contributed by atoms with Crippen molar-refractivity contribution in [2.24, 2.45) is 0 Å². The lowest BCUT2D eigenvalue weighted by Crippen LogP contribution is -2.31. The van der Waals surface area contributed by atoms with Crippen LogP contribution in [0.15, 0.2) is 12.2 Å². The Morgan fingerprint density at radius 2 is 1.67 bits per heavy atom. The molecule has 0 bridgehead atoms. The zero-order chi connectivity index (χ0) is 16.3. The van der Waals surface area contributed by atoms with Gasteiger partial charge in [-0.3, -0.25) is 14.4 Å². The third-order valence-corrected chi connectivity index (χ3v) is 3.93. The largest absolute Gasteiger partial charge is 0.356 e. The Morgan fingerprint density at radius 1 is 1.05 bits per heavy atom. The average Bonchev–Trinajstić information content (AvgIpc) is 2.39. The summed E-state index contributed by atoms with van der Waals surface area (Å²) in [7, 11) is 0. The maximum absolute atomic E-state index is 11.5. The van der Waals surface area contributed by atoms with Gasteiger partial charge in [0.15, 0.2) is 0 Å². The van der Waals surface area contributed by atoms with Gasteiger partial charge in [0.1, 0.15) is 0 Å². The second-order valence-electron chi connectivity index (χ2n) is 4.97. The summed E-state index contributed by atoms with van der Waals surface area (Å²) in [6, 6.07) is 0. The normalized spacial score (nSPS) is 10.0. The fourth-order valence-electron chi connectivity index (χ4n) is 1.66. The molecule has 120 valence electrons. The van der Waals surface area contributed by atoms with Crippen LogP contribution in [0, 0.1) is 0 Å². The zero-order valence-electron chi connectivity index (χ0n) is 13.2. The van der Waals surface area contributed by atoms with E-state index in [0.29, 0.717) is 31.0 Å². The van der Waals surface area contributed by atoms with Crippen molar-refractivity contribution < 1.29 is 14.4 Å². The van der Waals surface area contributed by atoms with Gasteiger partial charge in [-0.2, -0.15) is 0 Å². The number of nitrogens with zero attached hydrogens (tertiary/aromatic N) is 1. The Kier molecular flexibility index (Phi) is 10.7. The van der Waals surface area contributed by atoms with Crippen molar-refractivity contribution in [3.05, 3.63) is 12.2 Å². The van der Waals surface area contributed by atoms with Gasteiger partial charge >= 0.3 is 0 Å². The van der Waals surface area contributed by atoms with Crippen molar-refractivity contribution in [2.45, 2.75) is 40.0 Å². The zero-order valence-corrected chi connectivity index (χ0v) is 14.1. The second kappa shape index (κ2) is 11.4. The minimum atomic E-state index is -0.0300. The molecule has 0 rings (SSSR count). The molecule has 0 aromatic heterocycles. The summed E-state index contributed by atoms with van der Waals surface area (Å²) in [6.07, 6.45) is 2.50. The van der Waals surface area contributed by atoms with Gasteiger partial charge in [0, 0.05) is 39.2 Å². The highest BCUT2D eigenvalue weighted by atomic mass is 32.2. The van der Waals surface area contributed by atoms with Crippen LogP contribution in [0.1, 0.15) is 40.0 Å². The summed E-state index contributed by atoms with van der Waals surface area (Å²) in [5, 5.41) is 2.75. The van der Waals surface area contributed by atoms with Gasteiger partial charge in [0.25, 0.3) is 0 Å². The van der Waals surface area contributed by atoms with Gasteiger partial charge in [-0.05, 0) is 31.8 Å². The summed E-state index contributed by atoms with van der Waals surface area (Å²) in [5.74, 6) is 0.713. The van der Waals surface area contributed by atoms with E-state index in [1.807, 2.05) is 0 Å². The van der Waals surface area contributed by atoms with Gasteiger partial charge in [-0.15, -0.1) is 0 Å². The molecular weight excluding hydrogens is 288 g/mol. The van der Waals surface area contributed by atoms with Crippen LogP contribution in [-0.2, 0) is 14.4 Å². The molecule has 0 fully saturated rings. The molecule has 0 atom stereocenters. The topological polar surface area (TPSA) is 66.5 Å². The van der Waals surface area contributed by atoms with E-state index in [1.54, 1.807) is 18.7 Å². The van der Waals surface area contributed by atoms with Gasteiger partial charge in [0.05, 0.1) is 0 Å². The molecule has 0 aromatic carbocycles. The Balaban J connectivity index is 3.82. The first kappa shape index (κ1) is 19.7. The Bertz CT molecular complexity index is 383. The molecule has 0 radical (unpaired) electrons. The summed E-state index contributed by atoms with van der Waals surface area (Å²) in [4.78, 5) is 35.4. The van der Waals surface area contributed by atoms with Gasteiger partial charge in [-0.25, -0.2) is 0 Å². The standard InChI is InChI=1S/C15H26N2O3S/c1-12(2)15(20)21-11-7-10-17(14(4)19)9-6-5-8-16-13(3)18/h1,5-11H2,2-4H3,(H,16,18). The number of carbonyl (C=O) groups excluding carboxylic acids is 3. The van der Waals surface area contributed by atoms with Crippen molar-refractivity contribution >= 4 is 28.7 Å². The van der Waals surface area contributed by atoms with Crippen molar-refractivity contribution in [3.63, 3.8) is 0 Å². The fraction of sp³-hybridized carbons (Fsp3) is 0.667. The first-order valence-corrected chi connectivity index (χ1v) is 8.15. The molecule has 5 nitrogen and oxygen atoms in total. The summed E-state index contributed by atoms with van der Waals surface area (Å²) < 4.78 is 0. The van der Waals surface area contributed by atoms with E-state index in [4.69, 9.17) is 0 Å². The highest BCUT2D eigenvalue weighted by molar-refractivity contribution is 8.14. The number of hydrogen-bond acceptors (Lipinski definition) is 4. The number of rotatable bonds is 10. The van der Waals surface area contributed by atoms with Gasteiger partial charge in [0.2, 0.25) is 16.9 Å². The van der Waals surface area contributed by atoms with E-state index in [-0.39, 0.29) is 16.9 Å². The molecule has 0 aromatic rings. The predicted octanol–water partition coefficient (Wildman–Crippen LogP) is 1.98. The molecule has 0 spiro atoms. The van der Waals surface area contributed by atoms with Crippen LogP contribution >= 0.6 is 11.8 Å². The Morgan fingerprint density at radius 3 is 2.19 bits per heavy atom. The third-order valence-electron chi connectivity index (χ3n) is 2.83. The van der Waals surface area contributed by atoms with Gasteiger partial charge < -0.3 is 10.2 Å². The first-order chi connectivity index (χ1) is 9.84. The van der Waals surface area contributed by atoms with Crippen molar-refractivity contribution in [3.8, 4) is 0 Å². The molecule has 0 saturated carbocycles. The highest BCUT2D eigenvalue weighted by Gasteiger charge is 2.09. The quantitative estimate of drug-likeness (QED) is 0.494. The number of thioether (sulfide) groups is 1. The van der Waals surface area contributed by atoms with Crippen LogP contribution in [0.5, 0.6) is 0 Å². The third kappa shape index (κ3) is 11.1. The average molecular weight is 314 g/mol. The van der Waals surface area contributed by atoms with E-state index in [9.17, 15) is 14.4 Å². The maximum atomic E-state index is 11.5. The smallest absolute Gasteiger partial charge is 0.219 e. The maximum Gasteiger partial charge on any atom is 0.219 e. The lowest BCUT2D eigenvalue weighted by molar-refractivity contribution is -0.129. The molecule has 0 heterocycles. The van der Waals surface area contributed by atoms with Gasteiger partial charge in [-0.1, -0.05) is 18.3 Å². The molecule has 0 aliphatic heterocycles. The predicted molar refractivity (Wildman–Crippen MR) is 87.1 cm³/mol. The SMILES string of the molecule is C=C(C)C(=O)SCCCN(CCCCNC(C)=O)C(C)=O. The van der Waals surface area contributed by atoms with E-state index in [2.05, 4.69) is 11.9 Å². The number of unbranched alkanes of at least 4 members (excludes halogenated alkanes) is 1. The summed E-state index contributed by atoms with van der Waals surface area (Å²) >= 11 is 1.25. The van der Waals surface area contributed by atoms with E-state index >= 15 is 0 Å². The minimum Gasteiger partial charge on any atom is -0.356 e. The highest BCUT2D eigenvalue weighted by Crippen LogP contribution is 2.10. The van der Waals surface area contributed by atoms with Crippen LogP contribution in [0.3, 0.4) is 0 Å². The molecular formula is C15H26N2O3S. The van der Waals surface area contributed by atoms with Crippen molar-refractivity contribution in [1.82, 2.24) is 10.2 Å².